The molecule has 23 heavy (non-hydrogen) atoms. The lowest BCUT2D eigenvalue weighted by Gasteiger charge is -2.09. The van der Waals surface area contributed by atoms with Gasteiger partial charge in [-0.2, -0.15) is 0 Å². The van der Waals surface area contributed by atoms with Crippen LogP contribution in [-0.4, -0.2) is 15.8 Å². The molecule has 3 nitrogen and oxygen atoms in total. The normalized spacial score (nSPS) is 10.7. The van der Waals surface area contributed by atoms with Gasteiger partial charge in [0.05, 0.1) is 11.9 Å². The summed E-state index contributed by atoms with van der Waals surface area (Å²) in [4.78, 5) is 5.75. The van der Waals surface area contributed by atoms with E-state index < -0.39 is 0 Å². The summed E-state index contributed by atoms with van der Waals surface area (Å²) in [6.45, 7) is 0.745. The van der Waals surface area contributed by atoms with Crippen molar-refractivity contribution in [1.82, 2.24) is 9.55 Å². The van der Waals surface area contributed by atoms with Crippen molar-refractivity contribution in [2.45, 2.75) is 11.4 Å². The van der Waals surface area contributed by atoms with Gasteiger partial charge in [-0.15, -0.1) is 11.8 Å². The number of imidazole rings is 1. The van der Waals surface area contributed by atoms with E-state index >= 15 is 0 Å². The van der Waals surface area contributed by atoms with Crippen LogP contribution in [0.2, 0.25) is 5.02 Å². The Hall–Kier alpha value is -1.91. The highest BCUT2D eigenvalue weighted by molar-refractivity contribution is 7.98. The summed E-state index contributed by atoms with van der Waals surface area (Å²) in [5.41, 5.74) is 3.33. The van der Waals surface area contributed by atoms with Crippen molar-refractivity contribution >= 4 is 29.3 Å². The minimum absolute atomic E-state index is 0.729. The smallest absolute Gasteiger partial charge is 0.203 e. The molecule has 0 aliphatic heterocycles. The van der Waals surface area contributed by atoms with Gasteiger partial charge in [0, 0.05) is 29.1 Å². The van der Waals surface area contributed by atoms with Gasteiger partial charge in [0.15, 0.2) is 0 Å². The first-order valence-corrected chi connectivity index (χ1v) is 8.92. The maximum Gasteiger partial charge on any atom is 0.203 e. The molecule has 0 radical (unpaired) electrons. The summed E-state index contributed by atoms with van der Waals surface area (Å²) in [5.74, 6) is 0.842. The number of hydrogen-bond acceptors (Lipinski definition) is 3. The molecule has 0 aliphatic rings. The molecule has 0 unspecified atom stereocenters. The largest absolute Gasteiger partial charge is 0.352 e. The van der Waals surface area contributed by atoms with Crippen LogP contribution in [0.3, 0.4) is 0 Å². The molecule has 0 amide bonds. The maximum atomic E-state index is 6.07. The first kappa shape index (κ1) is 16.0. The molecule has 118 valence electrons. The standard InChI is InChI=1S/C18H18ClN3S/c1-22-17(14-4-3-5-15(19)10-14)12-21-18(22)20-11-13-6-8-16(23-2)9-7-13/h3-10,12H,11H2,1-2H3,(H,20,21). The Balaban J connectivity index is 1.74. The molecule has 1 N–H and O–H groups in total. The molecule has 0 fully saturated rings. The number of benzene rings is 2. The van der Waals surface area contributed by atoms with E-state index in [4.69, 9.17) is 11.6 Å². The van der Waals surface area contributed by atoms with Crippen molar-refractivity contribution in [3.63, 3.8) is 0 Å². The van der Waals surface area contributed by atoms with Crippen LogP contribution in [0, 0.1) is 0 Å². The van der Waals surface area contributed by atoms with Crippen LogP contribution in [0.1, 0.15) is 5.56 Å². The lowest BCUT2D eigenvalue weighted by Crippen LogP contribution is -2.05. The van der Waals surface area contributed by atoms with E-state index in [0.29, 0.717) is 0 Å². The number of thioether (sulfide) groups is 1. The second-order valence-electron chi connectivity index (χ2n) is 5.24. The third kappa shape index (κ3) is 3.71. The van der Waals surface area contributed by atoms with Gasteiger partial charge in [0.25, 0.3) is 0 Å². The molecule has 5 heteroatoms. The van der Waals surface area contributed by atoms with Crippen molar-refractivity contribution in [2.24, 2.45) is 7.05 Å². The van der Waals surface area contributed by atoms with Gasteiger partial charge in [0.1, 0.15) is 0 Å². The summed E-state index contributed by atoms with van der Waals surface area (Å²) in [7, 11) is 2.00. The topological polar surface area (TPSA) is 29.9 Å². The zero-order valence-electron chi connectivity index (χ0n) is 13.1. The van der Waals surface area contributed by atoms with E-state index in [-0.39, 0.29) is 0 Å². The molecule has 0 spiro atoms. The Kier molecular flexibility index (Phi) is 4.94. The minimum atomic E-state index is 0.729. The summed E-state index contributed by atoms with van der Waals surface area (Å²) in [5, 5.41) is 4.11. The van der Waals surface area contributed by atoms with E-state index in [1.165, 1.54) is 10.5 Å². The van der Waals surface area contributed by atoms with Crippen molar-refractivity contribution in [1.29, 1.82) is 0 Å². The van der Waals surface area contributed by atoms with Crippen molar-refractivity contribution in [2.75, 3.05) is 11.6 Å². The number of nitrogens with zero attached hydrogens (tertiary/aromatic N) is 2. The summed E-state index contributed by atoms with van der Waals surface area (Å²) >= 11 is 7.82. The van der Waals surface area contributed by atoms with Gasteiger partial charge >= 0.3 is 0 Å². The number of anilines is 1. The third-order valence-electron chi connectivity index (χ3n) is 3.72. The second-order valence-corrected chi connectivity index (χ2v) is 6.55. The van der Waals surface area contributed by atoms with Crippen LogP contribution in [0.25, 0.3) is 11.3 Å². The lowest BCUT2D eigenvalue weighted by atomic mass is 10.2. The van der Waals surface area contributed by atoms with E-state index in [9.17, 15) is 0 Å². The Labute approximate surface area is 145 Å². The van der Waals surface area contributed by atoms with Crippen LogP contribution in [0.5, 0.6) is 0 Å². The van der Waals surface area contributed by atoms with Gasteiger partial charge < -0.3 is 9.88 Å². The molecule has 1 aromatic heterocycles. The van der Waals surface area contributed by atoms with Crippen LogP contribution in [0.4, 0.5) is 5.95 Å². The zero-order valence-corrected chi connectivity index (χ0v) is 14.7. The predicted molar refractivity (Wildman–Crippen MR) is 99.2 cm³/mol. The van der Waals surface area contributed by atoms with Gasteiger partial charge in [-0.05, 0) is 36.1 Å². The molecular weight excluding hydrogens is 326 g/mol. The SMILES string of the molecule is CSc1ccc(CNc2ncc(-c3cccc(Cl)c3)n2C)cc1. The van der Waals surface area contributed by atoms with Gasteiger partial charge in [-0.3, -0.25) is 0 Å². The monoisotopic (exact) mass is 343 g/mol. The highest BCUT2D eigenvalue weighted by Crippen LogP contribution is 2.24. The van der Waals surface area contributed by atoms with Crippen LogP contribution in [-0.2, 0) is 13.6 Å². The highest BCUT2D eigenvalue weighted by atomic mass is 35.5. The fraction of sp³-hybridized carbons (Fsp3) is 0.167. The fourth-order valence-electron chi connectivity index (χ4n) is 2.41. The molecular formula is C18H18ClN3S. The molecule has 0 saturated carbocycles. The summed E-state index contributed by atoms with van der Waals surface area (Å²) in [6, 6.07) is 16.4. The first-order chi connectivity index (χ1) is 11.2. The van der Waals surface area contributed by atoms with Crippen molar-refractivity contribution in [3.8, 4) is 11.3 Å². The van der Waals surface area contributed by atoms with Crippen LogP contribution in [0.15, 0.2) is 59.6 Å². The molecule has 3 aromatic rings. The Morgan fingerprint density at radius 3 is 2.65 bits per heavy atom. The number of rotatable bonds is 5. The highest BCUT2D eigenvalue weighted by Gasteiger charge is 2.08. The lowest BCUT2D eigenvalue weighted by molar-refractivity contribution is 0.906. The Morgan fingerprint density at radius 2 is 1.96 bits per heavy atom. The zero-order chi connectivity index (χ0) is 16.2. The number of nitrogens with one attached hydrogen (secondary N) is 1. The van der Waals surface area contributed by atoms with Crippen LogP contribution >= 0.6 is 23.4 Å². The summed E-state index contributed by atoms with van der Waals surface area (Å²) < 4.78 is 2.04. The molecule has 2 aromatic carbocycles. The molecule has 3 rings (SSSR count). The molecule has 0 aliphatic carbocycles. The molecule has 0 atom stereocenters. The quantitative estimate of drug-likeness (QED) is 0.655. The third-order valence-corrected chi connectivity index (χ3v) is 4.70. The predicted octanol–water partition coefficient (Wildman–Crippen LogP) is 5.07. The van der Waals surface area contributed by atoms with E-state index in [2.05, 4.69) is 40.8 Å². The van der Waals surface area contributed by atoms with Gasteiger partial charge in [-0.1, -0.05) is 35.9 Å². The van der Waals surface area contributed by atoms with E-state index in [1.807, 2.05) is 42.1 Å². The molecule has 1 heterocycles. The Morgan fingerprint density at radius 1 is 1.17 bits per heavy atom. The van der Waals surface area contributed by atoms with E-state index in [1.54, 1.807) is 11.8 Å². The number of halogens is 1. The number of hydrogen-bond donors (Lipinski definition) is 1. The van der Waals surface area contributed by atoms with Gasteiger partial charge in [-0.25, -0.2) is 4.98 Å². The Bertz CT molecular complexity index is 796. The van der Waals surface area contributed by atoms with Crippen molar-refractivity contribution in [3.05, 3.63) is 65.3 Å². The first-order valence-electron chi connectivity index (χ1n) is 7.32. The fourth-order valence-corrected chi connectivity index (χ4v) is 3.01. The minimum Gasteiger partial charge on any atom is -0.352 e. The molecule has 0 saturated heterocycles. The average molecular weight is 344 g/mol. The van der Waals surface area contributed by atoms with Crippen LogP contribution < -0.4 is 5.32 Å². The second kappa shape index (κ2) is 7.11. The van der Waals surface area contributed by atoms with E-state index in [0.717, 1.165) is 28.8 Å². The summed E-state index contributed by atoms with van der Waals surface area (Å²) in [6.07, 6.45) is 3.95. The number of aromatic nitrogens is 2. The maximum absolute atomic E-state index is 6.07. The molecule has 0 bridgehead atoms. The van der Waals surface area contributed by atoms with Crippen molar-refractivity contribution < 1.29 is 0 Å². The van der Waals surface area contributed by atoms with Gasteiger partial charge in [0.2, 0.25) is 5.95 Å². The average Bonchev–Trinajstić information content (AvgIpc) is 2.94.